The van der Waals surface area contributed by atoms with Gasteiger partial charge in [0.1, 0.15) is 9.84 Å². The Hall–Kier alpha value is -0.130. The maximum atomic E-state index is 10.9. The van der Waals surface area contributed by atoms with Gasteiger partial charge in [0.2, 0.25) is 0 Å². The lowest BCUT2D eigenvalue weighted by molar-refractivity contribution is 0.201. The van der Waals surface area contributed by atoms with Crippen molar-refractivity contribution < 1.29 is 13.5 Å². The largest absolute Gasteiger partial charge is 0.395 e. The molecule has 0 saturated heterocycles. The van der Waals surface area contributed by atoms with Crippen molar-refractivity contribution in [2.45, 2.75) is 19.8 Å². The van der Waals surface area contributed by atoms with E-state index in [4.69, 9.17) is 5.11 Å². The summed E-state index contributed by atoms with van der Waals surface area (Å²) in [5, 5.41) is 8.77. The third kappa shape index (κ3) is 8.47. The van der Waals surface area contributed by atoms with Crippen LogP contribution in [0.4, 0.5) is 0 Å². The van der Waals surface area contributed by atoms with Crippen molar-refractivity contribution in [1.82, 2.24) is 4.90 Å². The van der Waals surface area contributed by atoms with Crippen LogP contribution in [0.5, 0.6) is 0 Å². The Balaban J connectivity index is 3.84. The molecule has 0 amide bonds. The number of nitrogens with zero attached hydrogens (tertiary/aromatic N) is 1. The molecule has 0 rings (SSSR count). The van der Waals surface area contributed by atoms with E-state index in [2.05, 4.69) is 6.92 Å². The molecule has 0 bridgehead atoms. The summed E-state index contributed by atoms with van der Waals surface area (Å²) in [6.07, 6.45) is 3.37. The van der Waals surface area contributed by atoms with Gasteiger partial charge >= 0.3 is 0 Å². The SMILES string of the molecule is CCCCN(CCO)CCS(C)(=O)=O. The molecule has 1 N–H and O–H groups in total. The summed E-state index contributed by atoms with van der Waals surface area (Å²) in [6.45, 7) is 4.14. The Bertz CT molecular complexity index is 226. The fourth-order valence-electron chi connectivity index (χ4n) is 1.15. The molecule has 0 aromatic carbocycles. The Labute approximate surface area is 86.8 Å². The van der Waals surface area contributed by atoms with Gasteiger partial charge in [-0.1, -0.05) is 13.3 Å². The lowest BCUT2D eigenvalue weighted by Gasteiger charge is -2.20. The van der Waals surface area contributed by atoms with Crippen LogP contribution in [0.1, 0.15) is 19.8 Å². The maximum absolute atomic E-state index is 10.9. The Morgan fingerprint density at radius 1 is 1.21 bits per heavy atom. The van der Waals surface area contributed by atoms with E-state index in [9.17, 15) is 8.42 Å². The predicted molar refractivity (Wildman–Crippen MR) is 58.1 cm³/mol. The van der Waals surface area contributed by atoms with E-state index in [1.54, 1.807) is 0 Å². The topological polar surface area (TPSA) is 57.6 Å². The average Bonchev–Trinajstić information content (AvgIpc) is 2.08. The standard InChI is InChI=1S/C9H21NO3S/c1-3-4-5-10(6-8-11)7-9-14(2,12)13/h11H,3-9H2,1-2H3. The van der Waals surface area contributed by atoms with Gasteiger partial charge in [0.05, 0.1) is 12.4 Å². The molecule has 0 fully saturated rings. The zero-order valence-corrected chi connectivity index (χ0v) is 9.89. The smallest absolute Gasteiger partial charge is 0.148 e. The summed E-state index contributed by atoms with van der Waals surface area (Å²) >= 11 is 0. The highest BCUT2D eigenvalue weighted by Gasteiger charge is 2.08. The van der Waals surface area contributed by atoms with E-state index < -0.39 is 9.84 Å². The predicted octanol–water partition coefficient (Wildman–Crippen LogP) is 0.125. The van der Waals surface area contributed by atoms with Gasteiger partial charge in [-0.2, -0.15) is 0 Å². The first-order chi connectivity index (χ1) is 6.49. The van der Waals surface area contributed by atoms with Crippen molar-refractivity contribution in [2.75, 3.05) is 38.2 Å². The molecule has 0 saturated carbocycles. The molecule has 0 aliphatic rings. The Morgan fingerprint density at radius 2 is 1.86 bits per heavy atom. The van der Waals surface area contributed by atoms with E-state index in [1.165, 1.54) is 6.26 Å². The Morgan fingerprint density at radius 3 is 2.29 bits per heavy atom. The van der Waals surface area contributed by atoms with E-state index in [1.807, 2.05) is 4.90 Å². The van der Waals surface area contributed by atoms with Crippen LogP contribution in [0.3, 0.4) is 0 Å². The first-order valence-corrected chi connectivity index (χ1v) is 7.06. The summed E-state index contributed by atoms with van der Waals surface area (Å²) in [5.74, 6) is 0.177. The fourth-order valence-corrected chi connectivity index (χ4v) is 1.74. The summed E-state index contributed by atoms with van der Waals surface area (Å²) < 4.78 is 21.8. The van der Waals surface area contributed by atoms with Gasteiger partial charge in [0.15, 0.2) is 0 Å². The van der Waals surface area contributed by atoms with Crippen LogP contribution in [-0.4, -0.2) is 56.7 Å². The zero-order chi connectivity index (χ0) is 11.0. The molecular weight excluding hydrogens is 202 g/mol. The van der Waals surface area contributed by atoms with Crippen LogP contribution in [-0.2, 0) is 9.84 Å². The van der Waals surface area contributed by atoms with Crippen molar-refractivity contribution in [3.63, 3.8) is 0 Å². The minimum absolute atomic E-state index is 0.0908. The summed E-state index contributed by atoms with van der Waals surface area (Å²) in [6, 6.07) is 0. The summed E-state index contributed by atoms with van der Waals surface area (Å²) in [5.41, 5.74) is 0. The van der Waals surface area contributed by atoms with E-state index >= 15 is 0 Å². The highest BCUT2D eigenvalue weighted by molar-refractivity contribution is 7.90. The molecule has 0 aromatic rings. The third-order valence-electron chi connectivity index (χ3n) is 2.02. The van der Waals surface area contributed by atoms with Gasteiger partial charge in [-0.15, -0.1) is 0 Å². The van der Waals surface area contributed by atoms with E-state index in [-0.39, 0.29) is 12.4 Å². The molecule has 5 heteroatoms. The number of hydrogen-bond donors (Lipinski definition) is 1. The van der Waals surface area contributed by atoms with Crippen molar-refractivity contribution in [3.05, 3.63) is 0 Å². The van der Waals surface area contributed by atoms with Gasteiger partial charge in [0.25, 0.3) is 0 Å². The van der Waals surface area contributed by atoms with Gasteiger partial charge < -0.3 is 10.0 Å². The highest BCUT2D eigenvalue weighted by atomic mass is 32.2. The molecule has 14 heavy (non-hydrogen) atoms. The number of sulfone groups is 1. The van der Waals surface area contributed by atoms with Crippen LogP contribution >= 0.6 is 0 Å². The highest BCUT2D eigenvalue weighted by Crippen LogP contribution is 1.96. The minimum atomic E-state index is -2.89. The van der Waals surface area contributed by atoms with Gasteiger partial charge in [0, 0.05) is 19.3 Å². The number of rotatable bonds is 8. The molecule has 0 spiro atoms. The lowest BCUT2D eigenvalue weighted by Crippen LogP contribution is -2.32. The molecular formula is C9H21NO3S. The lowest BCUT2D eigenvalue weighted by atomic mass is 10.3. The van der Waals surface area contributed by atoms with E-state index in [0.717, 1.165) is 19.4 Å². The second kappa shape index (κ2) is 7.20. The van der Waals surface area contributed by atoms with Crippen LogP contribution in [0, 0.1) is 0 Å². The van der Waals surface area contributed by atoms with Crippen molar-refractivity contribution in [2.24, 2.45) is 0 Å². The third-order valence-corrected chi connectivity index (χ3v) is 2.95. The second-order valence-electron chi connectivity index (χ2n) is 3.55. The molecule has 4 nitrogen and oxygen atoms in total. The van der Waals surface area contributed by atoms with Gasteiger partial charge in [-0.3, -0.25) is 0 Å². The zero-order valence-electron chi connectivity index (χ0n) is 9.07. The van der Waals surface area contributed by atoms with Gasteiger partial charge in [-0.05, 0) is 13.0 Å². The van der Waals surface area contributed by atoms with Crippen molar-refractivity contribution in [1.29, 1.82) is 0 Å². The van der Waals surface area contributed by atoms with E-state index in [0.29, 0.717) is 13.1 Å². The van der Waals surface area contributed by atoms with Crippen LogP contribution < -0.4 is 0 Å². The van der Waals surface area contributed by atoms with Crippen molar-refractivity contribution in [3.8, 4) is 0 Å². The maximum Gasteiger partial charge on any atom is 0.148 e. The second-order valence-corrected chi connectivity index (χ2v) is 5.81. The fraction of sp³-hybridized carbons (Fsp3) is 1.00. The quantitative estimate of drug-likeness (QED) is 0.635. The van der Waals surface area contributed by atoms with Crippen LogP contribution in [0.25, 0.3) is 0 Å². The summed E-state index contributed by atoms with van der Waals surface area (Å²) in [4.78, 5) is 1.99. The van der Waals surface area contributed by atoms with Crippen LogP contribution in [0.15, 0.2) is 0 Å². The number of aliphatic hydroxyl groups excluding tert-OH is 1. The van der Waals surface area contributed by atoms with Crippen molar-refractivity contribution >= 4 is 9.84 Å². The summed E-state index contributed by atoms with van der Waals surface area (Å²) in [7, 11) is -2.89. The molecule has 0 aromatic heterocycles. The molecule has 0 unspecified atom stereocenters. The Kier molecular flexibility index (Phi) is 7.13. The minimum Gasteiger partial charge on any atom is -0.395 e. The molecule has 0 atom stereocenters. The number of unbranched alkanes of at least 4 members (excludes halogenated alkanes) is 1. The number of aliphatic hydroxyl groups is 1. The molecule has 0 heterocycles. The average molecular weight is 223 g/mol. The molecule has 0 radical (unpaired) electrons. The first kappa shape index (κ1) is 13.9. The first-order valence-electron chi connectivity index (χ1n) is 5.00. The molecule has 0 aliphatic heterocycles. The normalized spacial score (nSPS) is 12.3. The van der Waals surface area contributed by atoms with Gasteiger partial charge in [-0.25, -0.2) is 8.42 Å². The number of hydrogen-bond acceptors (Lipinski definition) is 4. The molecule has 86 valence electrons. The van der Waals surface area contributed by atoms with Crippen LogP contribution in [0.2, 0.25) is 0 Å². The molecule has 0 aliphatic carbocycles. The monoisotopic (exact) mass is 223 g/mol.